The molecule has 1 amide bonds. The Morgan fingerprint density at radius 2 is 1.92 bits per heavy atom. The van der Waals surface area contributed by atoms with Crippen molar-refractivity contribution < 1.29 is 4.79 Å². The van der Waals surface area contributed by atoms with E-state index in [0.717, 1.165) is 24.0 Å². The van der Waals surface area contributed by atoms with E-state index < -0.39 is 0 Å². The zero-order valence-electron chi connectivity index (χ0n) is 14.1. The van der Waals surface area contributed by atoms with E-state index >= 15 is 0 Å². The number of fused-ring (bicyclic) bond motifs is 1. The number of imidazole rings is 1. The van der Waals surface area contributed by atoms with Gasteiger partial charge in [0.2, 0.25) is 5.91 Å². The maximum absolute atomic E-state index is 12.4. The van der Waals surface area contributed by atoms with Gasteiger partial charge in [-0.05, 0) is 37.1 Å². The summed E-state index contributed by atoms with van der Waals surface area (Å²) in [7, 11) is 0. The Bertz CT molecular complexity index is 858. The molecule has 4 rings (SSSR count). The molecule has 3 aromatic rings. The summed E-state index contributed by atoms with van der Waals surface area (Å²) in [4.78, 5) is 19.1. The zero-order valence-corrected chi connectivity index (χ0v) is 14.1. The van der Waals surface area contributed by atoms with Gasteiger partial charge >= 0.3 is 0 Å². The predicted molar refractivity (Wildman–Crippen MR) is 99.6 cm³/mol. The Labute approximate surface area is 147 Å². The Morgan fingerprint density at radius 3 is 2.80 bits per heavy atom. The van der Waals surface area contributed by atoms with Gasteiger partial charge in [0.25, 0.3) is 0 Å². The molecule has 5 nitrogen and oxygen atoms in total. The van der Waals surface area contributed by atoms with Gasteiger partial charge in [-0.3, -0.25) is 4.79 Å². The molecule has 1 saturated heterocycles. The fourth-order valence-electron chi connectivity index (χ4n) is 3.59. The van der Waals surface area contributed by atoms with Crippen molar-refractivity contribution in [3.8, 4) is 0 Å². The lowest BCUT2D eigenvalue weighted by molar-refractivity contribution is -0.121. The van der Waals surface area contributed by atoms with Crippen LogP contribution in [0.2, 0.25) is 0 Å². The van der Waals surface area contributed by atoms with Gasteiger partial charge in [-0.25, -0.2) is 4.98 Å². The van der Waals surface area contributed by atoms with Crippen LogP contribution in [0.15, 0.2) is 60.9 Å². The first-order valence-corrected chi connectivity index (χ1v) is 8.79. The molecule has 0 radical (unpaired) electrons. The average Bonchev–Trinajstić information content (AvgIpc) is 3.28. The van der Waals surface area contributed by atoms with Crippen LogP contribution in [0, 0.1) is 0 Å². The highest BCUT2D eigenvalue weighted by atomic mass is 16.1. The van der Waals surface area contributed by atoms with Crippen molar-refractivity contribution in [2.24, 2.45) is 0 Å². The molecule has 25 heavy (non-hydrogen) atoms. The minimum absolute atomic E-state index is 0.0306. The van der Waals surface area contributed by atoms with Crippen LogP contribution in [0.1, 0.15) is 12.8 Å². The van der Waals surface area contributed by atoms with E-state index in [1.807, 2.05) is 34.9 Å². The highest BCUT2D eigenvalue weighted by Gasteiger charge is 2.24. The van der Waals surface area contributed by atoms with Crippen molar-refractivity contribution in [1.82, 2.24) is 14.9 Å². The number of anilines is 1. The molecule has 1 fully saturated rings. The molecule has 0 unspecified atom stereocenters. The Hall–Kier alpha value is -2.82. The number of aromatic nitrogens is 2. The zero-order chi connectivity index (χ0) is 17.1. The van der Waals surface area contributed by atoms with Crippen molar-refractivity contribution in [2.75, 3.05) is 18.0 Å². The molecule has 1 aromatic heterocycles. The standard InChI is InChI=1S/C20H22N4O/c25-20(14-23-15-22-18-10-4-5-11-19(18)23)21-13-17-9-6-12-24(17)16-7-2-1-3-8-16/h1-5,7-8,10-11,15,17H,6,9,12-14H2,(H,21,25)/t17-/m0/s1. The quantitative estimate of drug-likeness (QED) is 0.780. The van der Waals surface area contributed by atoms with Crippen LogP contribution in [-0.4, -0.2) is 34.6 Å². The van der Waals surface area contributed by atoms with Gasteiger partial charge in [0.1, 0.15) is 6.54 Å². The molecule has 1 aliphatic rings. The second-order valence-corrected chi connectivity index (χ2v) is 6.49. The van der Waals surface area contributed by atoms with Gasteiger partial charge in [0.05, 0.1) is 17.4 Å². The summed E-state index contributed by atoms with van der Waals surface area (Å²) in [5.74, 6) is 0.0306. The maximum Gasteiger partial charge on any atom is 0.240 e. The molecular formula is C20H22N4O. The lowest BCUT2D eigenvalue weighted by atomic mass is 10.2. The largest absolute Gasteiger partial charge is 0.367 e. The van der Waals surface area contributed by atoms with Crippen LogP contribution >= 0.6 is 0 Å². The molecule has 0 saturated carbocycles. The molecule has 2 heterocycles. The van der Waals surface area contributed by atoms with Crippen molar-refractivity contribution in [2.45, 2.75) is 25.4 Å². The topological polar surface area (TPSA) is 50.2 Å². The summed E-state index contributed by atoms with van der Waals surface area (Å²) in [5.41, 5.74) is 3.14. The fourth-order valence-corrected chi connectivity index (χ4v) is 3.59. The third-order valence-electron chi connectivity index (χ3n) is 4.84. The van der Waals surface area contributed by atoms with Gasteiger partial charge < -0.3 is 14.8 Å². The van der Waals surface area contributed by atoms with Gasteiger partial charge in [0, 0.05) is 24.8 Å². The molecule has 0 spiro atoms. The molecule has 0 aliphatic carbocycles. The smallest absolute Gasteiger partial charge is 0.240 e. The van der Waals surface area contributed by atoms with E-state index in [-0.39, 0.29) is 5.91 Å². The van der Waals surface area contributed by atoms with Crippen LogP contribution in [0.25, 0.3) is 11.0 Å². The highest BCUT2D eigenvalue weighted by molar-refractivity contribution is 5.80. The van der Waals surface area contributed by atoms with Crippen LogP contribution < -0.4 is 10.2 Å². The first-order chi connectivity index (χ1) is 12.3. The number of hydrogen-bond acceptors (Lipinski definition) is 3. The van der Waals surface area contributed by atoms with Crippen molar-refractivity contribution in [3.63, 3.8) is 0 Å². The Morgan fingerprint density at radius 1 is 1.12 bits per heavy atom. The molecule has 128 valence electrons. The number of para-hydroxylation sites is 3. The maximum atomic E-state index is 12.4. The Balaban J connectivity index is 1.37. The van der Waals surface area contributed by atoms with Crippen LogP contribution in [0.4, 0.5) is 5.69 Å². The molecule has 1 aliphatic heterocycles. The van der Waals surface area contributed by atoms with E-state index in [4.69, 9.17) is 0 Å². The van der Waals surface area contributed by atoms with Crippen molar-refractivity contribution in [3.05, 3.63) is 60.9 Å². The van der Waals surface area contributed by atoms with Gasteiger partial charge in [0.15, 0.2) is 0 Å². The number of amides is 1. The van der Waals surface area contributed by atoms with Crippen molar-refractivity contribution >= 4 is 22.6 Å². The van der Waals surface area contributed by atoms with E-state index in [9.17, 15) is 4.79 Å². The van der Waals surface area contributed by atoms with Crippen LogP contribution in [0.3, 0.4) is 0 Å². The van der Waals surface area contributed by atoms with Gasteiger partial charge in [-0.2, -0.15) is 0 Å². The second-order valence-electron chi connectivity index (χ2n) is 6.49. The van der Waals surface area contributed by atoms with E-state index in [1.54, 1.807) is 6.33 Å². The second kappa shape index (κ2) is 6.97. The number of nitrogens with one attached hydrogen (secondary N) is 1. The molecule has 2 aromatic carbocycles. The minimum atomic E-state index is 0.0306. The number of rotatable bonds is 5. The molecular weight excluding hydrogens is 312 g/mol. The van der Waals surface area contributed by atoms with Gasteiger partial charge in [-0.15, -0.1) is 0 Å². The van der Waals surface area contributed by atoms with E-state index in [2.05, 4.69) is 39.5 Å². The third-order valence-corrected chi connectivity index (χ3v) is 4.84. The summed E-state index contributed by atoms with van der Waals surface area (Å²) in [6, 6.07) is 18.7. The first kappa shape index (κ1) is 15.7. The lowest BCUT2D eigenvalue weighted by Gasteiger charge is -2.27. The number of benzene rings is 2. The Kier molecular flexibility index (Phi) is 4.37. The molecule has 1 atom stereocenters. The first-order valence-electron chi connectivity index (χ1n) is 8.79. The summed E-state index contributed by atoms with van der Waals surface area (Å²) < 4.78 is 1.90. The lowest BCUT2D eigenvalue weighted by Crippen LogP contribution is -2.41. The number of hydrogen-bond donors (Lipinski definition) is 1. The highest BCUT2D eigenvalue weighted by Crippen LogP contribution is 2.24. The van der Waals surface area contributed by atoms with Crippen LogP contribution in [-0.2, 0) is 11.3 Å². The van der Waals surface area contributed by atoms with E-state index in [1.165, 1.54) is 12.1 Å². The predicted octanol–water partition coefficient (Wildman–Crippen LogP) is 2.82. The third kappa shape index (κ3) is 3.36. The normalized spacial score (nSPS) is 17.1. The molecule has 0 bridgehead atoms. The number of nitrogens with zero attached hydrogens (tertiary/aromatic N) is 3. The fraction of sp³-hybridized carbons (Fsp3) is 0.300. The SMILES string of the molecule is O=C(Cn1cnc2ccccc21)NC[C@@H]1CCCN1c1ccccc1. The van der Waals surface area contributed by atoms with Crippen molar-refractivity contribution in [1.29, 1.82) is 0 Å². The van der Waals surface area contributed by atoms with Gasteiger partial charge in [-0.1, -0.05) is 30.3 Å². The van der Waals surface area contributed by atoms with E-state index in [0.29, 0.717) is 19.1 Å². The summed E-state index contributed by atoms with van der Waals surface area (Å²) >= 11 is 0. The minimum Gasteiger partial charge on any atom is -0.367 e. The summed E-state index contributed by atoms with van der Waals surface area (Å²) in [5, 5.41) is 3.10. The van der Waals surface area contributed by atoms with Crippen LogP contribution in [0.5, 0.6) is 0 Å². The number of carbonyl (C=O) groups excluding carboxylic acids is 1. The average molecular weight is 334 g/mol. The monoisotopic (exact) mass is 334 g/mol. The number of carbonyl (C=O) groups is 1. The molecule has 1 N–H and O–H groups in total. The summed E-state index contributed by atoms with van der Waals surface area (Å²) in [6.45, 7) is 2.04. The summed E-state index contributed by atoms with van der Waals surface area (Å²) in [6.07, 6.45) is 4.01. The molecule has 5 heteroatoms.